The van der Waals surface area contributed by atoms with Crippen LogP contribution in [0, 0.1) is 11.7 Å². The largest absolute Gasteiger partial charge is 0.359 e. The van der Waals surface area contributed by atoms with Gasteiger partial charge in [0.15, 0.2) is 0 Å². The van der Waals surface area contributed by atoms with Gasteiger partial charge in [-0.2, -0.15) is 0 Å². The summed E-state index contributed by atoms with van der Waals surface area (Å²) in [7, 11) is 1.65. The number of hydrogen-bond donors (Lipinski definition) is 1. The molecule has 4 rings (SSSR count). The van der Waals surface area contributed by atoms with E-state index >= 15 is 0 Å². The zero-order valence-electron chi connectivity index (χ0n) is 16.8. The minimum Gasteiger partial charge on any atom is -0.359 e. The summed E-state index contributed by atoms with van der Waals surface area (Å²) in [5.41, 5.74) is 2.33. The van der Waals surface area contributed by atoms with Crippen LogP contribution in [0.5, 0.6) is 0 Å². The van der Waals surface area contributed by atoms with Crippen molar-refractivity contribution in [2.75, 3.05) is 20.1 Å². The van der Waals surface area contributed by atoms with Crippen molar-refractivity contribution in [1.82, 2.24) is 19.8 Å². The molecule has 1 aromatic carbocycles. The molecule has 0 bridgehead atoms. The first-order valence-electron chi connectivity index (χ1n) is 10.4. The van der Waals surface area contributed by atoms with Crippen LogP contribution in [0.3, 0.4) is 0 Å². The maximum absolute atomic E-state index is 13.4. The molecule has 29 heavy (non-hydrogen) atoms. The first-order chi connectivity index (χ1) is 14.1. The number of imidazole rings is 1. The fraction of sp³-hybridized carbons (Fsp3) is 0.500. The number of rotatable bonds is 3. The normalized spacial score (nSPS) is 17.5. The molecule has 0 atom stereocenters. The second kappa shape index (κ2) is 8.35. The summed E-state index contributed by atoms with van der Waals surface area (Å²) in [6.45, 7) is 1.95. The fourth-order valence-electron chi connectivity index (χ4n) is 4.41. The molecule has 154 valence electrons. The van der Waals surface area contributed by atoms with E-state index in [0.29, 0.717) is 31.6 Å². The summed E-state index contributed by atoms with van der Waals surface area (Å²) in [4.78, 5) is 31.8. The quantitative estimate of drug-likeness (QED) is 0.864. The van der Waals surface area contributed by atoms with Gasteiger partial charge in [-0.3, -0.25) is 9.59 Å². The second-order valence-electron chi connectivity index (χ2n) is 7.88. The smallest absolute Gasteiger partial charge is 0.274 e. The van der Waals surface area contributed by atoms with Crippen LogP contribution in [0.2, 0.25) is 0 Å². The predicted molar refractivity (Wildman–Crippen MR) is 108 cm³/mol. The highest BCUT2D eigenvalue weighted by molar-refractivity contribution is 5.94. The van der Waals surface area contributed by atoms with Crippen molar-refractivity contribution in [2.24, 2.45) is 5.92 Å². The van der Waals surface area contributed by atoms with E-state index in [1.807, 2.05) is 4.90 Å². The van der Waals surface area contributed by atoms with Crippen molar-refractivity contribution < 1.29 is 14.0 Å². The molecular weight excluding hydrogens is 371 g/mol. The van der Waals surface area contributed by atoms with Crippen LogP contribution in [0.1, 0.15) is 48.3 Å². The van der Waals surface area contributed by atoms with E-state index in [1.165, 1.54) is 12.1 Å². The van der Waals surface area contributed by atoms with Gasteiger partial charge in [0.1, 0.15) is 17.3 Å². The summed E-state index contributed by atoms with van der Waals surface area (Å²) in [5, 5.41) is 2.70. The molecule has 1 aromatic heterocycles. The Hall–Kier alpha value is -2.70. The Kier molecular flexibility index (Phi) is 5.65. The molecule has 0 saturated carbocycles. The van der Waals surface area contributed by atoms with Gasteiger partial charge in [-0.25, -0.2) is 9.37 Å². The van der Waals surface area contributed by atoms with E-state index in [4.69, 9.17) is 4.98 Å². The number of hydrogen-bond acceptors (Lipinski definition) is 3. The van der Waals surface area contributed by atoms with Gasteiger partial charge in [0.05, 0.1) is 5.69 Å². The molecule has 0 unspecified atom stereocenters. The molecule has 0 spiro atoms. The minimum atomic E-state index is -0.285. The average molecular weight is 398 g/mol. The third kappa shape index (κ3) is 3.91. The van der Waals surface area contributed by atoms with Crippen LogP contribution in [0.15, 0.2) is 24.3 Å². The molecule has 6 nitrogen and oxygen atoms in total. The zero-order valence-corrected chi connectivity index (χ0v) is 16.8. The molecule has 7 heteroatoms. The highest BCUT2D eigenvalue weighted by Gasteiger charge is 2.31. The molecule has 1 saturated heterocycles. The third-order valence-corrected chi connectivity index (χ3v) is 6.07. The number of carbonyl (C=O) groups is 2. The van der Waals surface area contributed by atoms with Gasteiger partial charge in [-0.1, -0.05) is 6.42 Å². The topological polar surface area (TPSA) is 67.2 Å². The summed E-state index contributed by atoms with van der Waals surface area (Å²) >= 11 is 0. The Bertz CT molecular complexity index is 898. The lowest BCUT2D eigenvalue weighted by Crippen LogP contribution is -2.42. The lowest BCUT2D eigenvalue weighted by atomic mass is 9.95. The van der Waals surface area contributed by atoms with E-state index in [9.17, 15) is 14.0 Å². The van der Waals surface area contributed by atoms with E-state index in [-0.39, 0.29) is 23.5 Å². The van der Waals surface area contributed by atoms with E-state index < -0.39 is 0 Å². The van der Waals surface area contributed by atoms with Crippen LogP contribution in [-0.2, 0) is 17.8 Å². The third-order valence-electron chi connectivity index (χ3n) is 6.07. The predicted octanol–water partition coefficient (Wildman–Crippen LogP) is 3.01. The van der Waals surface area contributed by atoms with Crippen LogP contribution < -0.4 is 5.32 Å². The second-order valence-corrected chi connectivity index (χ2v) is 7.88. The Balaban J connectivity index is 1.62. The highest BCUT2D eigenvalue weighted by Crippen LogP contribution is 2.29. The van der Waals surface area contributed by atoms with Gasteiger partial charge in [0, 0.05) is 38.2 Å². The summed E-state index contributed by atoms with van der Waals surface area (Å²) < 4.78 is 15.5. The Morgan fingerprint density at radius 1 is 1.07 bits per heavy atom. The van der Waals surface area contributed by atoms with E-state index in [2.05, 4.69) is 9.88 Å². The van der Waals surface area contributed by atoms with E-state index in [1.54, 1.807) is 19.2 Å². The number of amides is 2. The van der Waals surface area contributed by atoms with Gasteiger partial charge in [0.25, 0.3) is 5.91 Å². The number of halogens is 1. The number of likely N-dealkylation sites (tertiary alicyclic amines) is 1. The Labute approximate surface area is 170 Å². The lowest BCUT2D eigenvalue weighted by molar-refractivity contribution is -0.125. The maximum atomic E-state index is 13.4. The molecular formula is C22H27FN4O2. The average Bonchev–Trinajstić information content (AvgIpc) is 2.94. The molecule has 1 fully saturated rings. The molecule has 1 N–H and O–H groups in total. The number of benzene rings is 1. The Morgan fingerprint density at radius 3 is 2.48 bits per heavy atom. The molecule has 2 aliphatic rings. The van der Waals surface area contributed by atoms with Gasteiger partial charge in [-0.05, 0) is 56.4 Å². The SMILES string of the molecule is CNC(=O)C1CCN(C(=O)c2nc(-c3ccc(F)cc3)n3c2CCCCC3)CC1. The zero-order chi connectivity index (χ0) is 20.4. The molecule has 3 heterocycles. The Morgan fingerprint density at radius 2 is 1.79 bits per heavy atom. The van der Waals surface area contributed by atoms with Gasteiger partial charge >= 0.3 is 0 Å². The molecule has 2 aliphatic heterocycles. The van der Waals surface area contributed by atoms with Crippen molar-refractivity contribution in [2.45, 2.75) is 45.1 Å². The summed E-state index contributed by atoms with van der Waals surface area (Å²) in [6, 6.07) is 6.30. The molecule has 0 radical (unpaired) electrons. The van der Waals surface area contributed by atoms with E-state index in [0.717, 1.165) is 49.3 Å². The van der Waals surface area contributed by atoms with Crippen molar-refractivity contribution in [3.8, 4) is 11.4 Å². The van der Waals surface area contributed by atoms with Crippen LogP contribution in [0.25, 0.3) is 11.4 Å². The lowest BCUT2D eigenvalue weighted by Gasteiger charge is -2.30. The van der Waals surface area contributed by atoms with Gasteiger partial charge in [-0.15, -0.1) is 0 Å². The van der Waals surface area contributed by atoms with Crippen molar-refractivity contribution in [3.05, 3.63) is 41.5 Å². The number of fused-ring (bicyclic) bond motifs is 1. The molecule has 0 aliphatic carbocycles. The summed E-state index contributed by atoms with van der Waals surface area (Å²) in [6.07, 6.45) is 5.37. The number of nitrogens with one attached hydrogen (secondary N) is 1. The minimum absolute atomic E-state index is 0.0297. The molecule has 2 amide bonds. The monoisotopic (exact) mass is 398 g/mol. The number of carbonyl (C=O) groups excluding carboxylic acids is 2. The van der Waals surface area contributed by atoms with Crippen molar-refractivity contribution in [1.29, 1.82) is 0 Å². The maximum Gasteiger partial charge on any atom is 0.274 e. The van der Waals surface area contributed by atoms with Crippen LogP contribution >= 0.6 is 0 Å². The van der Waals surface area contributed by atoms with Gasteiger partial charge < -0.3 is 14.8 Å². The number of aromatic nitrogens is 2. The van der Waals surface area contributed by atoms with Gasteiger partial charge in [0.2, 0.25) is 5.91 Å². The van der Waals surface area contributed by atoms with Crippen LogP contribution in [0.4, 0.5) is 4.39 Å². The van der Waals surface area contributed by atoms with Crippen molar-refractivity contribution in [3.63, 3.8) is 0 Å². The summed E-state index contributed by atoms with van der Waals surface area (Å²) in [5.74, 6) is 0.418. The molecule has 2 aromatic rings. The highest BCUT2D eigenvalue weighted by atomic mass is 19.1. The number of nitrogens with zero attached hydrogens (tertiary/aromatic N) is 3. The first-order valence-corrected chi connectivity index (χ1v) is 10.4. The van der Waals surface area contributed by atoms with Crippen LogP contribution in [-0.4, -0.2) is 46.4 Å². The fourth-order valence-corrected chi connectivity index (χ4v) is 4.41. The van der Waals surface area contributed by atoms with Crippen molar-refractivity contribution >= 4 is 11.8 Å². The standard InChI is InChI=1S/C22H27FN4O2/c1-24-21(28)16-10-13-26(14-11-16)22(29)19-18-5-3-2-4-12-27(18)20(25-19)15-6-8-17(23)9-7-15/h6-9,16H,2-5,10-14H2,1H3,(H,24,28). The first kappa shape index (κ1) is 19.6. The number of piperidine rings is 1.